The Labute approximate surface area is 120 Å². The van der Waals surface area contributed by atoms with Gasteiger partial charge in [0.05, 0.1) is 4.90 Å². The van der Waals surface area contributed by atoms with Gasteiger partial charge in [0.25, 0.3) is 15.3 Å². The molecule has 0 amide bonds. The van der Waals surface area contributed by atoms with Crippen molar-refractivity contribution in [3.63, 3.8) is 0 Å². The van der Waals surface area contributed by atoms with Gasteiger partial charge in [0, 0.05) is 11.3 Å². The summed E-state index contributed by atoms with van der Waals surface area (Å²) in [4.78, 5) is 10.8. The smallest absolute Gasteiger partial charge is 0.261 e. The fraction of sp³-hybridized carbons (Fsp3) is 0. The number of carbonyl (C=O) groups excluding carboxylic acids is 1. The number of hydrogen-bond donors (Lipinski definition) is 1. The number of halogens is 2. The van der Waals surface area contributed by atoms with Gasteiger partial charge < -0.3 is 0 Å². The van der Waals surface area contributed by atoms with Gasteiger partial charge in [0.2, 0.25) is 0 Å². The average Bonchev–Trinajstić information content (AvgIpc) is 2.39. The van der Waals surface area contributed by atoms with Crippen LogP contribution in [0.1, 0.15) is 10.4 Å². The Morgan fingerprint density at radius 1 is 1.00 bits per heavy atom. The molecule has 0 spiro atoms. The summed E-state index contributed by atoms with van der Waals surface area (Å²) in [5.74, 6) is -0.520. The summed E-state index contributed by atoms with van der Waals surface area (Å²) in [6, 6.07) is 10.1. The van der Waals surface area contributed by atoms with Gasteiger partial charge in [0.1, 0.15) is 5.82 Å². The van der Waals surface area contributed by atoms with Crippen molar-refractivity contribution >= 4 is 32.6 Å². The van der Waals surface area contributed by atoms with Crippen LogP contribution in [0.5, 0.6) is 0 Å². The molecule has 0 unspecified atom stereocenters. The van der Waals surface area contributed by atoms with E-state index in [1.165, 1.54) is 24.3 Å². The normalized spacial score (nSPS) is 11.1. The molecule has 0 saturated heterocycles. The molecular weight excluding hydrogens is 305 g/mol. The molecule has 0 aliphatic rings. The zero-order valence-corrected chi connectivity index (χ0v) is 11.6. The minimum absolute atomic E-state index is 0.0589. The maximum atomic E-state index is 12.8. The Bertz CT molecular complexity index is 727. The largest absolute Gasteiger partial charge is 0.280 e. The second-order valence-corrected chi connectivity index (χ2v) is 5.94. The zero-order valence-electron chi connectivity index (χ0n) is 10.0. The molecule has 0 bridgehead atoms. The van der Waals surface area contributed by atoms with Gasteiger partial charge in [-0.2, -0.15) is 0 Å². The molecule has 2 rings (SSSR count). The summed E-state index contributed by atoms with van der Waals surface area (Å²) < 4.78 is 39.1. The molecule has 4 nitrogen and oxygen atoms in total. The van der Waals surface area contributed by atoms with E-state index >= 15 is 0 Å². The molecule has 0 fully saturated rings. The topological polar surface area (TPSA) is 63.2 Å². The van der Waals surface area contributed by atoms with Crippen molar-refractivity contribution in [3.05, 3.63) is 59.9 Å². The molecule has 20 heavy (non-hydrogen) atoms. The van der Waals surface area contributed by atoms with Crippen LogP contribution >= 0.6 is 11.6 Å². The number of sulfonamides is 1. The first-order valence-corrected chi connectivity index (χ1v) is 7.33. The summed E-state index contributed by atoms with van der Waals surface area (Å²) in [6.07, 6.45) is 0. The van der Waals surface area contributed by atoms with Crippen LogP contribution in [0.4, 0.5) is 10.1 Å². The fourth-order valence-corrected chi connectivity index (χ4v) is 2.68. The molecule has 1 N–H and O–H groups in total. The fourth-order valence-electron chi connectivity index (χ4n) is 1.50. The van der Waals surface area contributed by atoms with E-state index in [4.69, 9.17) is 11.6 Å². The zero-order chi connectivity index (χ0) is 14.8. The van der Waals surface area contributed by atoms with E-state index in [1.54, 1.807) is 0 Å². The molecule has 0 saturated carbocycles. The van der Waals surface area contributed by atoms with Crippen molar-refractivity contribution in [3.8, 4) is 0 Å². The third-order valence-electron chi connectivity index (χ3n) is 2.49. The average molecular weight is 314 g/mol. The first kappa shape index (κ1) is 14.5. The Kier molecular flexibility index (Phi) is 4.06. The van der Waals surface area contributed by atoms with Gasteiger partial charge in [0.15, 0.2) is 0 Å². The van der Waals surface area contributed by atoms with Crippen LogP contribution in [0, 0.1) is 5.82 Å². The summed E-state index contributed by atoms with van der Waals surface area (Å²) in [5.41, 5.74) is 0.535. The van der Waals surface area contributed by atoms with E-state index in [1.807, 2.05) is 0 Å². The SMILES string of the molecule is O=C(Cl)c1ccc(NS(=O)(=O)c2ccc(F)cc2)cc1. The Morgan fingerprint density at radius 3 is 2.05 bits per heavy atom. The molecule has 2 aromatic carbocycles. The van der Waals surface area contributed by atoms with E-state index in [9.17, 15) is 17.6 Å². The van der Waals surface area contributed by atoms with Crippen LogP contribution in [-0.4, -0.2) is 13.7 Å². The molecule has 0 aliphatic heterocycles. The van der Waals surface area contributed by atoms with Gasteiger partial charge in [-0.3, -0.25) is 9.52 Å². The van der Waals surface area contributed by atoms with E-state index in [0.29, 0.717) is 0 Å². The second kappa shape index (κ2) is 5.60. The standard InChI is InChI=1S/C13H9ClFNO3S/c14-13(17)9-1-5-11(6-2-9)16-20(18,19)12-7-3-10(15)4-8-12/h1-8,16H. The van der Waals surface area contributed by atoms with Crippen molar-refractivity contribution < 1.29 is 17.6 Å². The number of hydrogen-bond acceptors (Lipinski definition) is 3. The lowest BCUT2D eigenvalue weighted by atomic mass is 10.2. The molecule has 7 heteroatoms. The lowest BCUT2D eigenvalue weighted by Gasteiger charge is -2.08. The molecule has 0 aromatic heterocycles. The number of nitrogens with one attached hydrogen (secondary N) is 1. The van der Waals surface area contributed by atoms with Crippen molar-refractivity contribution in [1.82, 2.24) is 0 Å². The van der Waals surface area contributed by atoms with Gasteiger partial charge in [-0.1, -0.05) is 0 Å². The summed E-state index contributed by atoms with van der Waals surface area (Å²) >= 11 is 5.29. The molecule has 104 valence electrons. The van der Waals surface area contributed by atoms with Crippen molar-refractivity contribution in [2.24, 2.45) is 0 Å². The summed E-state index contributed by atoms with van der Waals surface area (Å²) in [5, 5.41) is -0.627. The van der Waals surface area contributed by atoms with E-state index < -0.39 is 21.1 Å². The monoisotopic (exact) mass is 313 g/mol. The Morgan fingerprint density at radius 2 is 1.55 bits per heavy atom. The van der Waals surface area contributed by atoms with Crippen LogP contribution < -0.4 is 4.72 Å². The first-order valence-electron chi connectivity index (χ1n) is 5.47. The number of benzene rings is 2. The molecule has 0 atom stereocenters. The van der Waals surface area contributed by atoms with Crippen molar-refractivity contribution in [2.75, 3.05) is 4.72 Å². The molecular formula is C13H9ClFNO3S. The molecule has 0 aliphatic carbocycles. The highest BCUT2D eigenvalue weighted by Crippen LogP contribution is 2.17. The molecule has 0 radical (unpaired) electrons. The second-order valence-electron chi connectivity index (χ2n) is 3.91. The Balaban J connectivity index is 2.24. The highest BCUT2D eigenvalue weighted by atomic mass is 35.5. The Hall–Kier alpha value is -1.92. The van der Waals surface area contributed by atoms with Gasteiger partial charge in [-0.25, -0.2) is 12.8 Å². The lowest BCUT2D eigenvalue weighted by molar-refractivity contribution is 0.108. The molecule has 2 aromatic rings. The predicted molar refractivity (Wildman–Crippen MR) is 73.8 cm³/mol. The maximum Gasteiger partial charge on any atom is 0.261 e. The number of rotatable bonds is 4. The van der Waals surface area contributed by atoms with Gasteiger partial charge in [-0.15, -0.1) is 0 Å². The van der Waals surface area contributed by atoms with E-state index in [2.05, 4.69) is 4.72 Å². The maximum absolute atomic E-state index is 12.8. The minimum Gasteiger partial charge on any atom is -0.280 e. The van der Waals surface area contributed by atoms with E-state index in [-0.39, 0.29) is 16.1 Å². The number of carbonyl (C=O) groups is 1. The van der Waals surface area contributed by atoms with Crippen molar-refractivity contribution in [1.29, 1.82) is 0 Å². The quantitative estimate of drug-likeness (QED) is 0.883. The van der Waals surface area contributed by atoms with Crippen LogP contribution in [0.3, 0.4) is 0 Å². The minimum atomic E-state index is -3.80. The lowest BCUT2D eigenvalue weighted by Crippen LogP contribution is -2.12. The van der Waals surface area contributed by atoms with Crippen molar-refractivity contribution in [2.45, 2.75) is 4.90 Å². The first-order chi connectivity index (χ1) is 9.38. The molecule has 0 heterocycles. The number of anilines is 1. The third-order valence-corrected chi connectivity index (χ3v) is 4.10. The third kappa shape index (κ3) is 3.34. The van der Waals surface area contributed by atoms with Gasteiger partial charge in [-0.05, 0) is 60.1 Å². The van der Waals surface area contributed by atoms with E-state index in [0.717, 1.165) is 24.3 Å². The van der Waals surface area contributed by atoms with Crippen LogP contribution in [0.15, 0.2) is 53.4 Å². The highest BCUT2D eigenvalue weighted by Gasteiger charge is 2.14. The van der Waals surface area contributed by atoms with Crippen LogP contribution in [0.25, 0.3) is 0 Å². The van der Waals surface area contributed by atoms with Crippen LogP contribution in [0.2, 0.25) is 0 Å². The van der Waals surface area contributed by atoms with Crippen LogP contribution in [-0.2, 0) is 10.0 Å². The summed E-state index contributed by atoms with van der Waals surface area (Å²) in [6.45, 7) is 0. The summed E-state index contributed by atoms with van der Waals surface area (Å²) in [7, 11) is -3.80. The highest BCUT2D eigenvalue weighted by molar-refractivity contribution is 7.92. The predicted octanol–water partition coefficient (Wildman–Crippen LogP) is 3.01. The van der Waals surface area contributed by atoms with Gasteiger partial charge >= 0.3 is 0 Å².